The summed E-state index contributed by atoms with van der Waals surface area (Å²) in [4.78, 5) is 23.4. The van der Waals surface area contributed by atoms with Gasteiger partial charge in [-0.15, -0.1) is 11.8 Å². The largest absolute Gasteiger partial charge is 0.480 e. The maximum atomic E-state index is 12.0. The summed E-state index contributed by atoms with van der Waals surface area (Å²) in [5.41, 5.74) is 2.66. The molecular weight excluding hydrogens is 328 g/mol. The zero-order chi connectivity index (χ0) is 17.5. The Bertz CT molecular complexity index is 680. The number of hydrogen-bond acceptors (Lipinski definition) is 5. The number of carbonyl (C=O) groups excluding carboxylic acids is 1. The van der Waals surface area contributed by atoms with Crippen molar-refractivity contribution < 1.29 is 19.2 Å². The van der Waals surface area contributed by atoms with Gasteiger partial charge in [-0.25, -0.2) is 4.79 Å². The van der Waals surface area contributed by atoms with Crippen LogP contribution in [0.3, 0.4) is 0 Å². The van der Waals surface area contributed by atoms with Crippen LogP contribution in [0.1, 0.15) is 22.6 Å². The van der Waals surface area contributed by atoms with Gasteiger partial charge in [-0.1, -0.05) is 35.5 Å². The topological polar surface area (TPSA) is 92.4 Å². The van der Waals surface area contributed by atoms with E-state index in [9.17, 15) is 14.7 Å². The van der Waals surface area contributed by atoms with Gasteiger partial charge in [0.2, 0.25) is 5.91 Å². The fourth-order valence-electron chi connectivity index (χ4n) is 2.24. The van der Waals surface area contributed by atoms with Crippen LogP contribution in [-0.4, -0.2) is 33.9 Å². The van der Waals surface area contributed by atoms with E-state index in [2.05, 4.69) is 10.5 Å². The predicted molar refractivity (Wildman–Crippen MR) is 91.9 cm³/mol. The van der Waals surface area contributed by atoms with Crippen molar-refractivity contribution in [2.75, 3.05) is 5.75 Å². The minimum atomic E-state index is -1.04. The Morgan fingerprint density at radius 1 is 1.29 bits per heavy atom. The molecule has 0 bridgehead atoms. The molecule has 0 unspecified atom stereocenters. The zero-order valence-electron chi connectivity index (χ0n) is 13.6. The van der Waals surface area contributed by atoms with Gasteiger partial charge in [0.25, 0.3) is 0 Å². The molecule has 7 heteroatoms. The van der Waals surface area contributed by atoms with Crippen LogP contribution in [0, 0.1) is 13.8 Å². The summed E-state index contributed by atoms with van der Waals surface area (Å²) < 4.78 is 5.07. The number of carboxylic acid groups (broad SMARTS) is 1. The predicted octanol–water partition coefficient (Wildman–Crippen LogP) is 2.34. The highest BCUT2D eigenvalue weighted by molar-refractivity contribution is 7.99. The first-order chi connectivity index (χ1) is 11.5. The molecule has 0 radical (unpaired) electrons. The molecule has 1 atom stereocenters. The average Bonchev–Trinajstić information content (AvgIpc) is 2.87. The molecule has 0 saturated carbocycles. The van der Waals surface area contributed by atoms with Gasteiger partial charge in [-0.2, -0.15) is 0 Å². The first kappa shape index (κ1) is 18.1. The molecule has 2 aromatic rings. The van der Waals surface area contributed by atoms with E-state index in [0.717, 1.165) is 22.6 Å². The van der Waals surface area contributed by atoms with Crippen LogP contribution in [0.25, 0.3) is 0 Å². The van der Waals surface area contributed by atoms with Crippen LogP contribution in [0.2, 0.25) is 0 Å². The van der Waals surface area contributed by atoms with Crippen molar-refractivity contribution in [1.29, 1.82) is 0 Å². The monoisotopic (exact) mass is 348 g/mol. The quantitative estimate of drug-likeness (QED) is 0.761. The van der Waals surface area contributed by atoms with Crippen LogP contribution in [0.5, 0.6) is 0 Å². The zero-order valence-corrected chi connectivity index (χ0v) is 14.4. The van der Waals surface area contributed by atoms with Crippen molar-refractivity contribution >= 4 is 23.6 Å². The van der Waals surface area contributed by atoms with Crippen molar-refractivity contribution in [3.63, 3.8) is 0 Å². The Balaban J connectivity index is 1.83. The molecule has 0 aliphatic carbocycles. The number of thioether (sulfide) groups is 1. The second-order valence-electron chi connectivity index (χ2n) is 5.44. The van der Waals surface area contributed by atoms with E-state index in [-0.39, 0.29) is 18.1 Å². The van der Waals surface area contributed by atoms with E-state index in [1.165, 1.54) is 11.8 Å². The number of nitrogens with one attached hydrogen (secondary N) is 1. The van der Waals surface area contributed by atoms with E-state index in [0.29, 0.717) is 5.75 Å². The minimum Gasteiger partial charge on any atom is -0.480 e. The number of aromatic nitrogens is 1. The SMILES string of the molecule is Cc1noc(C)c1CSCC(=O)N[C@@H](Cc1ccccc1)C(=O)O. The van der Waals surface area contributed by atoms with Gasteiger partial charge in [0.1, 0.15) is 11.8 Å². The summed E-state index contributed by atoms with van der Waals surface area (Å²) in [5.74, 6) is 0.194. The van der Waals surface area contributed by atoms with Gasteiger partial charge in [0.05, 0.1) is 11.4 Å². The molecule has 0 aliphatic rings. The third kappa shape index (κ3) is 5.13. The number of aryl methyl sites for hydroxylation is 2. The van der Waals surface area contributed by atoms with Crippen molar-refractivity contribution in [2.45, 2.75) is 32.1 Å². The normalized spacial score (nSPS) is 11.9. The fourth-order valence-corrected chi connectivity index (χ4v) is 3.23. The molecule has 1 heterocycles. The summed E-state index contributed by atoms with van der Waals surface area (Å²) in [6.07, 6.45) is 0.260. The lowest BCUT2D eigenvalue weighted by Crippen LogP contribution is -2.43. The second kappa shape index (κ2) is 8.54. The molecule has 0 fully saturated rings. The minimum absolute atomic E-state index is 0.183. The number of carbonyl (C=O) groups is 2. The van der Waals surface area contributed by atoms with Gasteiger partial charge < -0.3 is 14.9 Å². The molecule has 2 rings (SSSR count). The van der Waals surface area contributed by atoms with Crippen LogP contribution in [0.15, 0.2) is 34.9 Å². The molecule has 0 spiro atoms. The molecule has 2 N–H and O–H groups in total. The molecule has 0 aliphatic heterocycles. The van der Waals surface area contributed by atoms with E-state index < -0.39 is 12.0 Å². The summed E-state index contributed by atoms with van der Waals surface area (Å²) in [6, 6.07) is 8.30. The number of rotatable bonds is 8. The van der Waals surface area contributed by atoms with Gasteiger partial charge in [0.15, 0.2) is 0 Å². The first-order valence-corrected chi connectivity index (χ1v) is 8.68. The van der Waals surface area contributed by atoms with E-state index >= 15 is 0 Å². The molecule has 24 heavy (non-hydrogen) atoms. The Morgan fingerprint density at radius 2 is 2.00 bits per heavy atom. The Kier molecular flexibility index (Phi) is 6.43. The molecule has 1 amide bonds. The number of benzene rings is 1. The number of hydrogen-bond donors (Lipinski definition) is 2. The number of carboxylic acids is 1. The van der Waals surface area contributed by atoms with Gasteiger partial charge in [-0.3, -0.25) is 4.79 Å². The fraction of sp³-hybridized carbons (Fsp3) is 0.353. The Labute approximate surface area is 144 Å². The van der Waals surface area contributed by atoms with Crippen LogP contribution in [-0.2, 0) is 21.8 Å². The van der Waals surface area contributed by atoms with Crippen molar-refractivity contribution in [1.82, 2.24) is 10.5 Å². The van der Waals surface area contributed by atoms with E-state index in [1.807, 2.05) is 44.2 Å². The van der Waals surface area contributed by atoms with Crippen molar-refractivity contribution in [2.24, 2.45) is 0 Å². The summed E-state index contributed by atoms with van der Waals surface area (Å²) in [6.45, 7) is 3.68. The van der Waals surface area contributed by atoms with Crippen LogP contribution < -0.4 is 5.32 Å². The number of aliphatic carboxylic acids is 1. The van der Waals surface area contributed by atoms with E-state index in [4.69, 9.17) is 4.52 Å². The molecule has 1 aromatic carbocycles. The molecular formula is C17H20N2O4S. The highest BCUT2D eigenvalue weighted by atomic mass is 32.2. The highest BCUT2D eigenvalue weighted by Gasteiger charge is 2.20. The third-order valence-electron chi connectivity index (χ3n) is 3.58. The van der Waals surface area contributed by atoms with Crippen LogP contribution in [0.4, 0.5) is 0 Å². The van der Waals surface area contributed by atoms with Crippen molar-refractivity contribution in [3.05, 3.63) is 52.9 Å². The molecule has 1 aromatic heterocycles. The Hall–Kier alpha value is -2.28. The second-order valence-corrected chi connectivity index (χ2v) is 6.43. The number of amides is 1. The van der Waals surface area contributed by atoms with E-state index in [1.54, 1.807) is 0 Å². The van der Waals surface area contributed by atoms with Crippen LogP contribution >= 0.6 is 11.8 Å². The Morgan fingerprint density at radius 3 is 2.58 bits per heavy atom. The smallest absolute Gasteiger partial charge is 0.326 e. The lowest BCUT2D eigenvalue weighted by Gasteiger charge is -2.14. The molecule has 6 nitrogen and oxygen atoms in total. The highest BCUT2D eigenvalue weighted by Crippen LogP contribution is 2.19. The maximum Gasteiger partial charge on any atom is 0.326 e. The van der Waals surface area contributed by atoms with Gasteiger partial charge in [0, 0.05) is 17.7 Å². The third-order valence-corrected chi connectivity index (χ3v) is 4.54. The van der Waals surface area contributed by atoms with Gasteiger partial charge >= 0.3 is 5.97 Å². The number of nitrogens with zero attached hydrogens (tertiary/aromatic N) is 1. The average molecular weight is 348 g/mol. The standard InChI is InChI=1S/C17H20N2O4S/c1-11-14(12(2)23-19-11)9-24-10-16(20)18-15(17(21)22)8-13-6-4-3-5-7-13/h3-7,15H,8-10H2,1-2H3,(H,18,20)(H,21,22)/t15-/m0/s1. The van der Waals surface area contributed by atoms with Gasteiger partial charge in [-0.05, 0) is 19.4 Å². The summed E-state index contributed by atoms with van der Waals surface area (Å²) in [5, 5.41) is 15.7. The van der Waals surface area contributed by atoms with Crippen molar-refractivity contribution in [3.8, 4) is 0 Å². The summed E-state index contributed by atoms with van der Waals surface area (Å²) >= 11 is 1.40. The lowest BCUT2D eigenvalue weighted by atomic mass is 10.1. The molecule has 0 saturated heterocycles. The first-order valence-electron chi connectivity index (χ1n) is 7.53. The lowest BCUT2D eigenvalue weighted by molar-refractivity contribution is -0.141. The molecule has 128 valence electrons. The summed E-state index contributed by atoms with van der Waals surface area (Å²) in [7, 11) is 0. The maximum absolute atomic E-state index is 12.0.